The summed E-state index contributed by atoms with van der Waals surface area (Å²) in [6.45, 7) is 3.71. The van der Waals surface area contributed by atoms with Gasteiger partial charge in [-0.1, -0.05) is 0 Å². The summed E-state index contributed by atoms with van der Waals surface area (Å²) < 4.78 is 13.5. The van der Waals surface area contributed by atoms with E-state index in [0.29, 0.717) is 28.5 Å². The minimum atomic E-state index is -0.430. The number of amides is 1. The van der Waals surface area contributed by atoms with Crippen molar-refractivity contribution in [3.8, 4) is 0 Å². The Morgan fingerprint density at radius 1 is 1.15 bits per heavy atom. The highest BCUT2D eigenvalue weighted by molar-refractivity contribution is 5.92. The standard InChI is InChI=1S/C24H27FN6O2/c1-26-24(33)21-7-5-18(14-27-21)31-10-8-30(9-11-31)17-4-2-15(12-17)22-28-20-6-3-16(25)13-19(20)23(32)29-22/h3,5-7,13-15,17H,2,4,8-12H2,1H3,(H,26,33)(H,28,29,32)/t15-,17-/m1/s1. The van der Waals surface area contributed by atoms with E-state index in [2.05, 4.69) is 30.1 Å². The zero-order chi connectivity index (χ0) is 22.9. The second kappa shape index (κ2) is 8.90. The van der Waals surface area contributed by atoms with Gasteiger partial charge in [-0.25, -0.2) is 14.4 Å². The molecule has 3 aromatic rings. The maximum atomic E-state index is 13.5. The molecule has 2 atom stereocenters. The fourth-order valence-electron chi connectivity index (χ4n) is 5.04. The molecule has 5 rings (SSSR count). The highest BCUT2D eigenvalue weighted by Crippen LogP contribution is 2.36. The number of H-pyrrole nitrogens is 1. The van der Waals surface area contributed by atoms with E-state index >= 15 is 0 Å². The number of hydrogen-bond acceptors (Lipinski definition) is 6. The topological polar surface area (TPSA) is 94.2 Å². The molecular weight excluding hydrogens is 423 g/mol. The van der Waals surface area contributed by atoms with Gasteiger partial charge in [-0.2, -0.15) is 0 Å². The Morgan fingerprint density at radius 2 is 1.97 bits per heavy atom. The summed E-state index contributed by atoms with van der Waals surface area (Å²) in [6, 6.07) is 8.33. The molecule has 0 spiro atoms. The fraction of sp³-hybridized carbons (Fsp3) is 0.417. The number of hydrogen-bond donors (Lipinski definition) is 2. The van der Waals surface area contributed by atoms with Crippen LogP contribution in [-0.4, -0.2) is 65.0 Å². The molecule has 1 amide bonds. The molecule has 1 aliphatic heterocycles. The number of aromatic amines is 1. The van der Waals surface area contributed by atoms with E-state index in [4.69, 9.17) is 0 Å². The number of halogens is 1. The third-order valence-corrected chi connectivity index (χ3v) is 6.88. The zero-order valence-electron chi connectivity index (χ0n) is 18.6. The van der Waals surface area contributed by atoms with E-state index in [1.807, 2.05) is 6.07 Å². The van der Waals surface area contributed by atoms with Crippen LogP contribution < -0.4 is 15.8 Å². The van der Waals surface area contributed by atoms with Gasteiger partial charge < -0.3 is 15.2 Å². The summed E-state index contributed by atoms with van der Waals surface area (Å²) in [5.41, 5.74) is 1.72. The molecule has 3 heterocycles. The van der Waals surface area contributed by atoms with Gasteiger partial charge in [0.2, 0.25) is 0 Å². The molecule has 2 aliphatic rings. The van der Waals surface area contributed by atoms with Crippen molar-refractivity contribution in [2.45, 2.75) is 31.2 Å². The number of anilines is 1. The second-order valence-electron chi connectivity index (χ2n) is 8.78. The maximum absolute atomic E-state index is 13.5. The number of pyridine rings is 1. The summed E-state index contributed by atoms with van der Waals surface area (Å²) in [4.78, 5) is 40.7. The second-order valence-corrected chi connectivity index (χ2v) is 8.78. The summed E-state index contributed by atoms with van der Waals surface area (Å²) in [5.74, 6) is 0.302. The van der Waals surface area contributed by atoms with E-state index < -0.39 is 5.82 Å². The van der Waals surface area contributed by atoms with Crippen molar-refractivity contribution in [3.05, 3.63) is 64.2 Å². The van der Waals surface area contributed by atoms with Crippen LogP contribution >= 0.6 is 0 Å². The smallest absolute Gasteiger partial charge is 0.269 e. The largest absolute Gasteiger partial charge is 0.368 e. The first kappa shape index (κ1) is 21.5. The van der Waals surface area contributed by atoms with E-state index in [0.717, 1.165) is 51.1 Å². The maximum Gasteiger partial charge on any atom is 0.269 e. The SMILES string of the molecule is CNC(=O)c1ccc(N2CCN([C@@H]3CC[C@@H](c4nc5ccc(F)cc5c(=O)[nH]4)C3)CC2)cn1. The molecule has 0 unspecified atom stereocenters. The molecule has 1 saturated carbocycles. The average Bonchev–Trinajstić information content (AvgIpc) is 3.34. The number of fused-ring (bicyclic) bond motifs is 1. The molecule has 1 aliphatic carbocycles. The summed E-state index contributed by atoms with van der Waals surface area (Å²) >= 11 is 0. The van der Waals surface area contributed by atoms with Gasteiger partial charge in [-0.15, -0.1) is 0 Å². The number of carbonyl (C=O) groups is 1. The van der Waals surface area contributed by atoms with Crippen molar-refractivity contribution < 1.29 is 9.18 Å². The molecule has 33 heavy (non-hydrogen) atoms. The molecule has 8 nitrogen and oxygen atoms in total. The number of nitrogens with one attached hydrogen (secondary N) is 2. The van der Waals surface area contributed by atoms with Crippen LogP contribution in [0.4, 0.5) is 10.1 Å². The lowest BCUT2D eigenvalue weighted by molar-refractivity contribution is 0.0958. The van der Waals surface area contributed by atoms with Crippen LogP contribution in [0.3, 0.4) is 0 Å². The summed E-state index contributed by atoms with van der Waals surface area (Å²) in [5, 5.41) is 2.88. The molecule has 0 radical (unpaired) electrons. The Balaban J connectivity index is 1.21. The molecule has 1 saturated heterocycles. The Bertz CT molecular complexity index is 1220. The van der Waals surface area contributed by atoms with Gasteiger partial charge >= 0.3 is 0 Å². The van der Waals surface area contributed by atoms with Gasteiger partial charge in [0.05, 0.1) is 22.8 Å². The van der Waals surface area contributed by atoms with E-state index in [-0.39, 0.29) is 17.4 Å². The van der Waals surface area contributed by atoms with Crippen molar-refractivity contribution >= 4 is 22.5 Å². The van der Waals surface area contributed by atoms with Crippen LogP contribution in [0, 0.1) is 5.82 Å². The highest BCUT2D eigenvalue weighted by Gasteiger charge is 2.33. The lowest BCUT2D eigenvalue weighted by Crippen LogP contribution is -2.49. The van der Waals surface area contributed by atoms with Crippen molar-refractivity contribution in [1.29, 1.82) is 0 Å². The first-order chi connectivity index (χ1) is 16.0. The van der Waals surface area contributed by atoms with Crippen LogP contribution in [0.25, 0.3) is 10.9 Å². The van der Waals surface area contributed by atoms with Crippen molar-refractivity contribution in [2.75, 3.05) is 38.1 Å². The van der Waals surface area contributed by atoms with E-state index in [9.17, 15) is 14.0 Å². The molecule has 2 aromatic heterocycles. The first-order valence-electron chi connectivity index (χ1n) is 11.4. The number of rotatable bonds is 4. The van der Waals surface area contributed by atoms with Gasteiger partial charge in [0.25, 0.3) is 11.5 Å². The Morgan fingerprint density at radius 3 is 2.70 bits per heavy atom. The Kier molecular flexibility index (Phi) is 5.80. The minimum absolute atomic E-state index is 0.184. The Labute approximate surface area is 190 Å². The predicted molar refractivity (Wildman–Crippen MR) is 124 cm³/mol. The van der Waals surface area contributed by atoms with E-state index in [1.165, 1.54) is 12.1 Å². The van der Waals surface area contributed by atoms with Crippen molar-refractivity contribution in [3.63, 3.8) is 0 Å². The number of carbonyl (C=O) groups excluding carboxylic acids is 1. The van der Waals surface area contributed by atoms with Crippen LogP contribution in [0.2, 0.25) is 0 Å². The molecule has 0 bridgehead atoms. The quantitative estimate of drug-likeness (QED) is 0.633. The molecule has 2 N–H and O–H groups in total. The molecule has 2 fully saturated rings. The zero-order valence-corrected chi connectivity index (χ0v) is 18.6. The third kappa shape index (κ3) is 4.32. The lowest BCUT2D eigenvalue weighted by Gasteiger charge is -2.39. The minimum Gasteiger partial charge on any atom is -0.368 e. The number of benzene rings is 1. The van der Waals surface area contributed by atoms with Crippen LogP contribution in [-0.2, 0) is 0 Å². The van der Waals surface area contributed by atoms with Gasteiger partial charge in [0.1, 0.15) is 17.3 Å². The Hall–Kier alpha value is -3.33. The third-order valence-electron chi connectivity index (χ3n) is 6.88. The lowest BCUT2D eigenvalue weighted by atomic mass is 10.1. The van der Waals surface area contributed by atoms with Crippen LogP contribution in [0.1, 0.15) is 41.5 Å². The number of aromatic nitrogens is 3. The summed E-state index contributed by atoms with van der Waals surface area (Å²) in [6.07, 6.45) is 4.76. The first-order valence-corrected chi connectivity index (χ1v) is 11.4. The molecule has 172 valence electrons. The molecule has 9 heteroatoms. The summed E-state index contributed by atoms with van der Waals surface area (Å²) in [7, 11) is 1.60. The van der Waals surface area contributed by atoms with Crippen molar-refractivity contribution in [2.24, 2.45) is 0 Å². The van der Waals surface area contributed by atoms with Crippen molar-refractivity contribution in [1.82, 2.24) is 25.2 Å². The number of piperazine rings is 1. The van der Waals surface area contributed by atoms with Gasteiger partial charge in [-0.05, 0) is 49.6 Å². The monoisotopic (exact) mass is 450 g/mol. The normalized spacial score (nSPS) is 21.5. The molecule has 1 aromatic carbocycles. The fourth-order valence-corrected chi connectivity index (χ4v) is 5.04. The van der Waals surface area contributed by atoms with Crippen LogP contribution in [0.5, 0.6) is 0 Å². The number of nitrogens with zero attached hydrogens (tertiary/aromatic N) is 4. The van der Waals surface area contributed by atoms with Crippen LogP contribution in [0.15, 0.2) is 41.3 Å². The average molecular weight is 451 g/mol. The molecular formula is C24H27FN6O2. The van der Waals surface area contributed by atoms with Gasteiger partial charge in [0, 0.05) is 45.2 Å². The predicted octanol–water partition coefficient (Wildman–Crippen LogP) is 2.28. The van der Waals surface area contributed by atoms with Gasteiger partial charge in [0.15, 0.2) is 0 Å². The van der Waals surface area contributed by atoms with Gasteiger partial charge in [-0.3, -0.25) is 14.5 Å². The highest BCUT2D eigenvalue weighted by atomic mass is 19.1. The van der Waals surface area contributed by atoms with E-state index in [1.54, 1.807) is 25.4 Å².